The second-order valence-electron chi connectivity index (χ2n) is 4.63. The van der Waals surface area contributed by atoms with Crippen LogP contribution in [0.4, 0.5) is 11.4 Å². The summed E-state index contributed by atoms with van der Waals surface area (Å²) in [5, 5.41) is 12.2. The van der Waals surface area contributed by atoms with Crippen LogP contribution >= 0.6 is 0 Å². The number of aliphatic hydroxyl groups excluding tert-OH is 1. The smallest absolute Gasteiger partial charge is 0.123 e. The van der Waals surface area contributed by atoms with Gasteiger partial charge in [0.15, 0.2) is 0 Å². The van der Waals surface area contributed by atoms with Crippen LogP contribution in [0.3, 0.4) is 0 Å². The maximum Gasteiger partial charge on any atom is 0.123 e. The highest BCUT2D eigenvalue weighted by Gasteiger charge is 2.04. The van der Waals surface area contributed by atoms with Crippen molar-refractivity contribution in [3.8, 4) is 5.75 Å². The zero-order chi connectivity index (χ0) is 12.8. The Morgan fingerprint density at radius 1 is 1.29 bits per heavy atom. The Hall–Kier alpha value is -1.42. The van der Waals surface area contributed by atoms with Crippen LogP contribution in [0.15, 0.2) is 18.2 Å². The number of nitrogens with one attached hydrogen (secondary N) is 1. The predicted molar refractivity (Wildman–Crippen MR) is 71.4 cm³/mol. The van der Waals surface area contributed by atoms with E-state index >= 15 is 0 Å². The fourth-order valence-electron chi connectivity index (χ4n) is 1.42. The van der Waals surface area contributed by atoms with Crippen molar-refractivity contribution in [1.29, 1.82) is 0 Å². The summed E-state index contributed by atoms with van der Waals surface area (Å²) < 4.78 is 5.60. The van der Waals surface area contributed by atoms with Gasteiger partial charge in [0.1, 0.15) is 5.75 Å². The molecule has 1 rings (SSSR count). The molecule has 4 N–H and O–H groups in total. The number of aliphatic hydroxyl groups is 1. The number of hydrogen-bond acceptors (Lipinski definition) is 4. The Balaban J connectivity index is 2.68. The molecule has 17 heavy (non-hydrogen) atoms. The minimum atomic E-state index is 0.126. The molecule has 4 heteroatoms. The van der Waals surface area contributed by atoms with Gasteiger partial charge in [0.2, 0.25) is 0 Å². The summed E-state index contributed by atoms with van der Waals surface area (Å²) in [4.78, 5) is 0. The quantitative estimate of drug-likeness (QED) is 0.664. The average molecular weight is 238 g/mol. The minimum Gasteiger partial charge on any atom is -0.491 e. The van der Waals surface area contributed by atoms with E-state index in [2.05, 4.69) is 5.32 Å². The van der Waals surface area contributed by atoms with Crippen LogP contribution in [0.5, 0.6) is 5.75 Å². The van der Waals surface area contributed by atoms with Gasteiger partial charge in [-0.2, -0.15) is 0 Å². The molecular weight excluding hydrogens is 216 g/mol. The average Bonchev–Trinajstić information content (AvgIpc) is 2.24. The zero-order valence-corrected chi connectivity index (χ0v) is 10.7. The second kappa shape index (κ2) is 6.35. The van der Waals surface area contributed by atoms with Crippen LogP contribution in [0.1, 0.15) is 20.8 Å². The highest BCUT2D eigenvalue weighted by molar-refractivity contribution is 5.59. The molecule has 0 heterocycles. The predicted octanol–water partition coefficient (Wildman–Crippen LogP) is 2.10. The zero-order valence-electron chi connectivity index (χ0n) is 10.7. The van der Waals surface area contributed by atoms with E-state index in [1.165, 1.54) is 0 Å². The Morgan fingerprint density at radius 3 is 2.59 bits per heavy atom. The molecule has 0 aromatic heterocycles. The van der Waals surface area contributed by atoms with Gasteiger partial charge in [-0.05, 0) is 25.8 Å². The Bertz CT molecular complexity index is 353. The van der Waals surface area contributed by atoms with Crippen LogP contribution in [0.25, 0.3) is 0 Å². The number of ether oxygens (including phenoxy) is 1. The summed E-state index contributed by atoms with van der Waals surface area (Å²) in [5.41, 5.74) is 7.39. The van der Waals surface area contributed by atoms with Crippen molar-refractivity contribution in [3.05, 3.63) is 18.2 Å². The van der Waals surface area contributed by atoms with E-state index in [0.29, 0.717) is 12.2 Å². The van der Waals surface area contributed by atoms with E-state index in [-0.39, 0.29) is 18.6 Å². The van der Waals surface area contributed by atoms with Gasteiger partial charge in [-0.15, -0.1) is 0 Å². The molecular formula is C13H22N2O2. The van der Waals surface area contributed by atoms with Crippen LogP contribution in [0.2, 0.25) is 0 Å². The first-order chi connectivity index (χ1) is 8.01. The highest BCUT2D eigenvalue weighted by atomic mass is 16.5. The molecule has 0 fully saturated rings. The summed E-state index contributed by atoms with van der Waals surface area (Å²) in [5.74, 6) is 0.977. The van der Waals surface area contributed by atoms with Crippen molar-refractivity contribution < 1.29 is 9.84 Å². The summed E-state index contributed by atoms with van der Waals surface area (Å²) >= 11 is 0. The maximum atomic E-state index is 8.95. The molecule has 0 aliphatic rings. The molecule has 0 saturated carbocycles. The molecule has 0 aliphatic carbocycles. The van der Waals surface area contributed by atoms with Crippen LogP contribution in [-0.4, -0.2) is 24.4 Å². The number of benzene rings is 1. The number of anilines is 2. The van der Waals surface area contributed by atoms with Gasteiger partial charge in [-0.3, -0.25) is 0 Å². The molecule has 0 spiro atoms. The number of nitrogen functional groups attached to an aromatic ring is 1. The molecule has 96 valence electrons. The summed E-state index contributed by atoms with van der Waals surface area (Å²) in [6, 6.07) is 5.58. The molecule has 0 amide bonds. The molecule has 4 nitrogen and oxygen atoms in total. The number of hydrogen-bond donors (Lipinski definition) is 3. The molecule has 1 aromatic rings. The van der Waals surface area contributed by atoms with E-state index in [9.17, 15) is 0 Å². The SMILES string of the molecule is CC(CO)CNc1cc(N)cc(OC(C)C)c1. The van der Waals surface area contributed by atoms with E-state index in [0.717, 1.165) is 11.4 Å². The molecule has 0 bridgehead atoms. The van der Waals surface area contributed by atoms with Crippen LogP contribution < -0.4 is 15.8 Å². The summed E-state index contributed by atoms with van der Waals surface area (Å²) in [6.45, 7) is 6.81. The first-order valence-electron chi connectivity index (χ1n) is 5.93. The van der Waals surface area contributed by atoms with Crippen molar-refractivity contribution >= 4 is 11.4 Å². The van der Waals surface area contributed by atoms with Gasteiger partial charge in [-0.1, -0.05) is 6.92 Å². The number of nitrogens with two attached hydrogens (primary N) is 1. The van der Waals surface area contributed by atoms with Crippen molar-refractivity contribution in [2.24, 2.45) is 5.92 Å². The number of rotatable bonds is 6. The first kappa shape index (κ1) is 13.6. The molecule has 1 unspecified atom stereocenters. The molecule has 0 aliphatic heterocycles. The normalized spacial score (nSPS) is 12.5. The van der Waals surface area contributed by atoms with Crippen molar-refractivity contribution in [2.75, 3.05) is 24.2 Å². The Morgan fingerprint density at radius 2 is 2.00 bits per heavy atom. The second-order valence-corrected chi connectivity index (χ2v) is 4.63. The fraction of sp³-hybridized carbons (Fsp3) is 0.538. The largest absolute Gasteiger partial charge is 0.491 e. The lowest BCUT2D eigenvalue weighted by atomic mass is 10.2. The lowest BCUT2D eigenvalue weighted by molar-refractivity contribution is 0.242. The van der Waals surface area contributed by atoms with E-state index in [4.69, 9.17) is 15.6 Å². The van der Waals surface area contributed by atoms with Crippen molar-refractivity contribution in [1.82, 2.24) is 0 Å². The third-order valence-electron chi connectivity index (χ3n) is 2.27. The fourth-order valence-corrected chi connectivity index (χ4v) is 1.42. The van der Waals surface area contributed by atoms with E-state index in [1.54, 1.807) is 6.07 Å². The lowest BCUT2D eigenvalue weighted by Gasteiger charge is -2.15. The van der Waals surface area contributed by atoms with Gasteiger partial charge in [0.25, 0.3) is 0 Å². The maximum absolute atomic E-state index is 8.95. The third-order valence-corrected chi connectivity index (χ3v) is 2.27. The van der Waals surface area contributed by atoms with Gasteiger partial charge >= 0.3 is 0 Å². The van der Waals surface area contributed by atoms with Gasteiger partial charge in [0.05, 0.1) is 6.10 Å². The first-order valence-corrected chi connectivity index (χ1v) is 5.93. The van der Waals surface area contributed by atoms with Gasteiger partial charge in [0, 0.05) is 36.7 Å². The third kappa shape index (κ3) is 4.95. The van der Waals surface area contributed by atoms with E-state index in [1.807, 2.05) is 32.9 Å². The van der Waals surface area contributed by atoms with Gasteiger partial charge in [-0.25, -0.2) is 0 Å². The molecule has 0 saturated heterocycles. The minimum absolute atomic E-state index is 0.126. The van der Waals surface area contributed by atoms with Gasteiger partial charge < -0.3 is 20.9 Å². The van der Waals surface area contributed by atoms with Crippen molar-refractivity contribution in [2.45, 2.75) is 26.9 Å². The van der Waals surface area contributed by atoms with Crippen LogP contribution in [0, 0.1) is 5.92 Å². The standard InChI is InChI=1S/C13H22N2O2/c1-9(2)17-13-5-11(14)4-12(6-13)15-7-10(3)8-16/h4-6,9-10,15-16H,7-8,14H2,1-3H3. The highest BCUT2D eigenvalue weighted by Crippen LogP contribution is 2.23. The molecule has 0 radical (unpaired) electrons. The summed E-state index contributed by atoms with van der Waals surface area (Å²) in [6.07, 6.45) is 0.126. The Labute approximate surface area is 103 Å². The van der Waals surface area contributed by atoms with Crippen molar-refractivity contribution in [3.63, 3.8) is 0 Å². The molecule has 1 atom stereocenters. The molecule has 1 aromatic carbocycles. The van der Waals surface area contributed by atoms with E-state index < -0.39 is 0 Å². The monoisotopic (exact) mass is 238 g/mol. The summed E-state index contributed by atoms with van der Waals surface area (Å²) in [7, 11) is 0. The topological polar surface area (TPSA) is 67.5 Å². The Kier molecular flexibility index (Phi) is 5.10. The van der Waals surface area contributed by atoms with Crippen LogP contribution in [-0.2, 0) is 0 Å². The lowest BCUT2D eigenvalue weighted by Crippen LogP contribution is -2.14.